The quantitative estimate of drug-likeness (QED) is 0.414. The summed E-state index contributed by atoms with van der Waals surface area (Å²) in [7, 11) is 0. The van der Waals surface area contributed by atoms with Crippen LogP contribution in [0.25, 0.3) is 0 Å². The number of thiol groups is 1. The highest BCUT2D eigenvalue weighted by Crippen LogP contribution is 2.03. The normalized spacial score (nSPS) is 9.56. The summed E-state index contributed by atoms with van der Waals surface area (Å²) < 4.78 is 12.3. The first-order valence-electron chi connectivity index (χ1n) is 2.68. The Morgan fingerprint density at radius 2 is 2.22 bits per heavy atom. The molecule has 2 heteroatoms. The predicted octanol–water partition coefficient (Wildman–Crippen LogP) is 1.63. The van der Waals surface area contributed by atoms with E-state index in [1.54, 1.807) is 12.1 Å². The Hall–Kier alpha value is -0.500. The molecule has 0 saturated carbocycles. The van der Waals surface area contributed by atoms with Crippen LogP contribution < -0.4 is 0 Å². The lowest BCUT2D eigenvalue weighted by molar-refractivity contribution is 0.624. The number of hydrogen-bond donors (Lipinski definition) is 0. The first-order valence-corrected chi connectivity index (χ1v) is 4.02. The molecule has 48 valence electrons. The van der Waals surface area contributed by atoms with Crippen molar-refractivity contribution < 1.29 is 4.39 Å². The molecule has 0 unspecified atom stereocenters. The van der Waals surface area contributed by atoms with E-state index < -0.39 is 0 Å². The van der Waals surface area contributed by atoms with E-state index in [0.717, 1.165) is 16.7 Å². The molecule has 0 aliphatic carbocycles. The maximum Gasteiger partial charge on any atom is 0.155 e. The zero-order valence-electron chi connectivity index (χ0n) is 5.13. The Labute approximate surface area is 58.1 Å². The fourth-order valence-electron chi connectivity index (χ4n) is 0.615. The van der Waals surface area contributed by atoms with Gasteiger partial charge in [-0.25, -0.2) is 4.39 Å². The second kappa shape index (κ2) is 2.87. The van der Waals surface area contributed by atoms with Crippen molar-refractivity contribution in [2.45, 2.75) is 4.90 Å². The van der Waals surface area contributed by atoms with Gasteiger partial charge in [-0.1, -0.05) is 6.07 Å². The van der Waals surface area contributed by atoms with Gasteiger partial charge >= 0.3 is 0 Å². The van der Waals surface area contributed by atoms with Gasteiger partial charge in [0.15, 0.2) is 4.90 Å². The third-order valence-corrected chi connectivity index (χ3v) is 1.86. The van der Waals surface area contributed by atoms with Crippen molar-refractivity contribution in [3.05, 3.63) is 30.1 Å². The second-order valence-electron chi connectivity index (χ2n) is 1.70. The molecule has 0 radical (unpaired) electrons. The molecule has 1 aromatic carbocycles. The monoisotopic (exact) mass is 143 g/mol. The molecule has 0 nitrogen and oxygen atoms in total. The summed E-state index contributed by atoms with van der Waals surface area (Å²) in [4.78, 5) is 1.02. The fraction of sp³-hybridized carbons (Fsp3) is 0.143. The third kappa shape index (κ3) is 1.72. The lowest BCUT2D eigenvalue weighted by Crippen LogP contribution is -1.79. The van der Waals surface area contributed by atoms with Gasteiger partial charge in [-0.3, -0.25) is 0 Å². The molecule has 0 fully saturated rings. The SMILES string of the molecule is C[SH+]c1cccc(F)c1. The van der Waals surface area contributed by atoms with Crippen LogP contribution in [0.15, 0.2) is 29.2 Å². The molecule has 0 bridgehead atoms. The van der Waals surface area contributed by atoms with Crippen LogP contribution in [0, 0.1) is 5.82 Å². The van der Waals surface area contributed by atoms with Crippen LogP contribution in [0.4, 0.5) is 4.39 Å². The highest BCUT2D eigenvalue weighted by atomic mass is 32.2. The molecule has 0 heterocycles. The lowest BCUT2D eigenvalue weighted by Gasteiger charge is -1.85. The Morgan fingerprint density at radius 3 is 2.67 bits per heavy atom. The van der Waals surface area contributed by atoms with Gasteiger partial charge in [0.2, 0.25) is 0 Å². The average molecular weight is 143 g/mol. The predicted molar refractivity (Wildman–Crippen MR) is 39.4 cm³/mol. The van der Waals surface area contributed by atoms with Gasteiger partial charge in [0.05, 0.1) is 0 Å². The van der Waals surface area contributed by atoms with Gasteiger partial charge in [0.1, 0.15) is 12.1 Å². The van der Waals surface area contributed by atoms with E-state index in [-0.39, 0.29) is 5.82 Å². The van der Waals surface area contributed by atoms with E-state index in [4.69, 9.17) is 0 Å². The Kier molecular flexibility index (Phi) is 2.11. The van der Waals surface area contributed by atoms with E-state index in [0.29, 0.717) is 0 Å². The molecule has 0 amide bonds. The minimum Gasteiger partial charge on any atom is -0.207 e. The molecule has 0 aromatic heterocycles. The lowest BCUT2D eigenvalue weighted by atomic mass is 10.4. The molecule has 0 atom stereocenters. The minimum absolute atomic E-state index is 0.151. The van der Waals surface area contributed by atoms with Crippen molar-refractivity contribution >= 4 is 11.8 Å². The molecular formula is C7H8FS+. The number of rotatable bonds is 1. The van der Waals surface area contributed by atoms with Gasteiger partial charge < -0.3 is 0 Å². The fourth-order valence-corrected chi connectivity index (χ4v) is 1.10. The molecule has 0 saturated heterocycles. The molecule has 9 heavy (non-hydrogen) atoms. The number of halogens is 1. The minimum atomic E-state index is -0.151. The highest BCUT2D eigenvalue weighted by Gasteiger charge is 1.96. The van der Waals surface area contributed by atoms with Crippen molar-refractivity contribution in [1.82, 2.24) is 0 Å². The van der Waals surface area contributed by atoms with Crippen LogP contribution >= 0.6 is 0 Å². The average Bonchev–Trinajstić information content (AvgIpc) is 1.88. The summed E-state index contributed by atoms with van der Waals surface area (Å²) in [6.07, 6.45) is 1.98. The van der Waals surface area contributed by atoms with Crippen molar-refractivity contribution in [1.29, 1.82) is 0 Å². The van der Waals surface area contributed by atoms with E-state index >= 15 is 0 Å². The second-order valence-corrected chi connectivity index (χ2v) is 2.67. The molecule has 1 rings (SSSR count). The first kappa shape index (κ1) is 6.62. The summed E-state index contributed by atoms with van der Waals surface area (Å²) in [5, 5.41) is 0. The van der Waals surface area contributed by atoms with Crippen LogP contribution in [-0.2, 0) is 11.8 Å². The zero-order chi connectivity index (χ0) is 6.69. The van der Waals surface area contributed by atoms with Crippen LogP contribution in [0.1, 0.15) is 0 Å². The first-order chi connectivity index (χ1) is 4.33. The van der Waals surface area contributed by atoms with Crippen molar-refractivity contribution in [2.75, 3.05) is 6.26 Å². The van der Waals surface area contributed by atoms with Crippen LogP contribution in [-0.4, -0.2) is 6.26 Å². The smallest absolute Gasteiger partial charge is 0.155 e. The molecule has 0 aliphatic rings. The van der Waals surface area contributed by atoms with Crippen LogP contribution in [0.5, 0.6) is 0 Å². The third-order valence-electron chi connectivity index (χ3n) is 1.07. The van der Waals surface area contributed by atoms with Crippen molar-refractivity contribution in [3.8, 4) is 0 Å². The van der Waals surface area contributed by atoms with Gasteiger partial charge in [-0.2, -0.15) is 0 Å². The van der Waals surface area contributed by atoms with Gasteiger partial charge in [0, 0.05) is 17.8 Å². The van der Waals surface area contributed by atoms with Crippen LogP contribution in [0.3, 0.4) is 0 Å². The Bertz CT molecular complexity index is 198. The van der Waals surface area contributed by atoms with Crippen molar-refractivity contribution in [2.24, 2.45) is 0 Å². The number of benzene rings is 1. The summed E-state index contributed by atoms with van der Waals surface area (Å²) in [5.41, 5.74) is 0. The van der Waals surface area contributed by atoms with Crippen molar-refractivity contribution in [3.63, 3.8) is 0 Å². The molecule has 1 aromatic rings. The van der Waals surface area contributed by atoms with E-state index in [2.05, 4.69) is 0 Å². The zero-order valence-corrected chi connectivity index (χ0v) is 6.03. The summed E-state index contributed by atoms with van der Waals surface area (Å²) in [6, 6.07) is 6.63. The highest BCUT2D eigenvalue weighted by molar-refractivity contribution is 7.77. The summed E-state index contributed by atoms with van der Waals surface area (Å²) in [5.74, 6) is -0.151. The molecule has 0 aliphatic heterocycles. The topological polar surface area (TPSA) is 0 Å². The maximum atomic E-state index is 12.3. The van der Waals surface area contributed by atoms with Crippen LogP contribution in [0.2, 0.25) is 0 Å². The standard InChI is InChI=1S/C7H7FS/c1-9-7-4-2-3-6(8)5-7/h2-5H,1H3/p+1. The largest absolute Gasteiger partial charge is 0.207 e. The molecule has 0 spiro atoms. The van der Waals surface area contributed by atoms with Gasteiger partial charge in [-0.15, -0.1) is 0 Å². The number of hydrogen-bond acceptors (Lipinski definition) is 0. The summed E-state index contributed by atoms with van der Waals surface area (Å²) in [6.45, 7) is 0. The Balaban J connectivity index is 2.94. The van der Waals surface area contributed by atoms with E-state index in [9.17, 15) is 4.39 Å². The van der Waals surface area contributed by atoms with Gasteiger partial charge in [-0.05, 0) is 12.1 Å². The summed E-state index contributed by atoms with van der Waals surface area (Å²) >= 11 is 1.11. The van der Waals surface area contributed by atoms with E-state index in [1.807, 2.05) is 12.3 Å². The maximum absolute atomic E-state index is 12.3. The molecular weight excluding hydrogens is 135 g/mol. The Morgan fingerprint density at radius 1 is 1.44 bits per heavy atom. The van der Waals surface area contributed by atoms with E-state index in [1.165, 1.54) is 6.07 Å². The molecule has 0 N–H and O–H groups in total. The van der Waals surface area contributed by atoms with Gasteiger partial charge in [0.25, 0.3) is 0 Å².